The lowest BCUT2D eigenvalue weighted by Gasteiger charge is -2.26. The molecular weight excluding hydrogens is 318 g/mol. The second-order valence-electron chi connectivity index (χ2n) is 5.55. The smallest absolute Gasteiger partial charge is 0.407 e. The first-order valence-electron chi connectivity index (χ1n) is 7.45. The summed E-state index contributed by atoms with van der Waals surface area (Å²) in [5.41, 5.74) is 3.10. The van der Waals surface area contributed by atoms with Crippen LogP contribution < -0.4 is 5.46 Å². The van der Waals surface area contributed by atoms with E-state index in [1.165, 1.54) is 0 Å². The molecule has 1 heterocycles. The lowest BCUT2D eigenvalue weighted by atomic mass is 9.77. The molecule has 0 aliphatic carbocycles. The molecule has 2 aromatic rings. The molecule has 0 amide bonds. The monoisotopic (exact) mass is 334 g/mol. The van der Waals surface area contributed by atoms with Crippen molar-refractivity contribution in [1.82, 2.24) is 0 Å². The van der Waals surface area contributed by atoms with Gasteiger partial charge in [-0.05, 0) is 41.2 Å². The van der Waals surface area contributed by atoms with Crippen molar-refractivity contribution in [1.29, 1.82) is 0 Å². The van der Waals surface area contributed by atoms with Crippen LogP contribution in [0.1, 0.15) is 13.3 Å². The van der Waals surface area contributed by atoms with E-state index in [0.29, 0.717) is 16.0 Å². The third-order valence-electron chi connectivity index (χ3n) is 3.92. The van der Waals surface area contributed by atoms with Gasteiger partial charge in [0.25, 0.3) is 0 Å². The molecule has 22 heavy (non-hydrogen) atoms. The Morgan fingerprint density at radius 1 is 0.955 bits per heavy atom. The van der Waals surface area contributed by atoms with Gasteiger partial charge in [-0.25, -0.2) is 0 Å². The van der Waals surface area contributed by atoms with Gasteiger partial charge in [-0.3, -0.25) is 0 Å². The number of halogens is 2. The minimum absolute atomic E-state index is 0.264. The van der Waals surface area contributed by atoms with E-state index in [-0.39, 0.29) is 7.12 Å². The van der Waals surface area contributed by atoms with Gasteiger partial charge in [-0.1, -0.05) is 54.4 Å². The molecule has 0 bridgehead atoms. The minimum atomic E-state index is -0.264. The topological polar surface area (TPSA) is 18.5 Å². The van der Waals surface area contributed by atoms with Crippen LogP contribution in [0.3, 0.4) is 0 Å². The van der Waals surface area contributed by atoms with Crippen LogP contribution >= 0.6 is 23.2 Å². The Hall–Kier alpha value is -0.995. The lowest BCUT2D eigenvalue weighted by molar-refractivity contribution is 0.0850. The SMILES string of the molecule is CCC1COB(c2ccc(-c3cc(Cl)cc(Cl)c3)cc2)OC1. The normalized spacial score (nSPS) is 16.0. The van der Waals surface area contributed by atoms with E-state index in [9.17, 15) is 0 Å². The molecule has 114 valence electrons. The first-order valence-corrected chi connectivity index (χ1v) is 8.21. The zero-order chi connectivity index (χ0) is 15.5. The molecule has 2 aromatic carbocycles. The summed E-state index contributed by atoms with van der Waals surface area (Å²) in [7, 11) is -0.264. The fourth-order valence-corrected chi connectivity index (χ4v) is 3.05. The summed E-state index contributed by atoms with van der Waals surface area (Å²) < 4.78 is 11.6. The molecule has 1 aliphatic heterocycles. The Morgan fingerprint density at radius 3 is 2.09 bits per heavy atom. The number of hydrogen-bond acceptors (Lipinski definition) is 2. The summed E-state index contributed by atoms with van der Waals surface area (Å²) in [5.74, 6) is 0.504. The highest BCUT2D eigenvalue weighted by Crippen LogP contribution is 2.26. The van der Waals surface area contributed by atoms with Gasteiger partial charge in [-0.15, -0.1) is 0 Å². The molecule has 5 heteroatoms. The molecule has 1 saturated heterocycles. The van der Waals surface area contributed by atoms with Crippen LogP contribution in [-0.4, -0.2) is 20.3 Å². The Balaban J connectivity index is 1.75. The summed E-state index contributed by atoms with van der Waals surface area (Å²) in [5, 5.41) is 1.27. The number of hydrogen-bond donors (Lipinski definition) is 0. The van der Waals surface area contributed by atoms with E-state index < -0.39 is 0 Å². The third kappa shape index (κ3) is 3.66. The van der Waals surface area contributed by atoms with Crippen LogP contribution in [0.25, 0.3) is 11.1 Å². The van der Waals surface area contributed by atoms with E-state index in [0.717, 1.165) is 36.2 Å². The fraction of sp³-hybridized carbons (Fsp3) is 0.294. The molecule has 0 radical (unpaired) electrons. The van der Waals surface area contributed by atoms with E-state index in [2.05, 4.69) is 6.92 Å². The van der Waals surface area contributed by atoms with Gasteiger partial charge < -0.3 is 9.31 Å². The molecule has 0 unspecified atom stereocenters. The van der Waals surface area contributed by atoms with E-state index in [4.69, 9.17) is 32.5 Å². The summed E-state index contributed by atoms with van der Waals surface area (Å²) in [6.45, 7) is 3.67. The molecule has 3 rings (SSSR count). The minimum Gasteiger partial charge on any atom is -0.407 e. The number of benzene rings is 2. The fourth-order valence-electron chi connectivity index (χ4n) is 2.52. The summed E-state index contributed by atoms with van der Waals surface area (Å²) in [4.78, 5) is 0. The zero-order valence-electron chi connectivity index (χ0n) is 12.4. The van der Waals surface area contributed by atoms with Crippen molar-refractivity contribution < 1.29 is 9.31 Å². The standard InChI is InChI=1S/C17H17BCl2O2/c1-2-12-10-21-18(22-11-12)15-5-3-13(4-6-15)14-7-16(19)9-17(20)8-14/h3-9,12H,2,10-11H2,1H3. The van der Waals surface area contributed by atoms with Gasteiger partial charge in [0.1, 0.15) is 0 Å². The Labute approximate surface area is 141 Å². The van der Waals surface area contributed by atoms with Gasteiger partial charge >= 0.3 is 7.12 Å². The van der Waals surface area contributed by atoms with Crippen molar-refractivity contribution in [3.05, 3.63) is 52.5 Å². The first kappa shape index (κ1) is 15.9. The van der Waals surface area contributed by atoms with E-state index in [1.807, 2.05) is 36.4 Å². The maximum absolute atomic E-state index is 6.06. The van der Waals surface area contributed by atoms with Crippen molar-refractivity contribution in [3.63, 3.8) is 0 Å². The van der Waals surface area contributed by atoms with Gasteiger partial charge in [0, 0.05) is 29.2 Å². The molecule has 0 saturated carbocycles. The maximum Gasteiger partial charge on any atom is 0.493 e. The molecule has 2 nitrogen and oxygen atoms in total. The summed E-state index contributed by atoms with van der Waals surface area (Å²) in [6, 6.07) is 13.7. The highest BCUT2D eigenvalue weighted by molar-refractivity contribution is 6.61. The molecule has 0 aromatic heterocycles. The van der Waals surface area contributed by atoms with Crippen molar-refractivity contribution in [2.45, 2.75) is 13.3 Å². The summed E-state index contributed by atoms with van der Waals surface area (Å²) in [6.07, 6.45) is 1.08. The Bertz CT molecular complexity index is 617. The average molecular weight is 335 g/mol. The van der Waals surface area contributed by atoms with Crippen LogP contribution in [0, 0.1) is 5.92 Å². The zero-order valence-corrected chi connectivity index (χ0v) is 13.9. The lowest BCUT2D eigenvalue weighted by Crippen LogP contribution is -2.44. The van der Waals surface area contributed by atoms with Gasteiger partial charge in [0.05, 0.1) is 0 Å². The molecule has 1 fully saturated rings. The third-order valence-corrected chi connectivity index (χ3v) is 4.36. The van der Waals surface area contributed by atoms with Crippen LogP contribution in [-0.2, 0) is 9.31 Å². The molecule has 1 aliphatic rings. The van der Waals surface area contributed by atoms with Crippen LogP contribution in [0.5, 0.6) is 0 Å². The van der Waals surface area contributed by atoms with Crippen molar-refractivity contribution in [2.24, 2.45) is 5.92 Å². The second-order valence-corrected chi connectivity index (χ2v) is 6.43. The highest BCUT2D eigenvalue weighted by Gasteiger charge is 2.28. The van der Waals surface area contributed by atoms with Gasteiger partial charge in [0.15, 0.2) is 0 Å². The quantitative estimate of drug-likeness (QED) is 0.773. The summed E-state index contributed by atoms with van der Waals surface area (Å²) >= 11 is 12.1. The maximum atomic E-state index is 6.06. The van der Waals surface area contributed by atoms with Crippen LogP contribution in [0.4, 0.5) is 0 Å². The molecule has 0 atom stereocenters. The molecule has 0 N–H and O–H groups in total. The Kier molecular flexibility index (Phi) is 5.09. The van der Waals surface area contributed by atoms with Crippen molar-refractivity contribution in [2.75, 3.05) is 13.2 Å². The van der Waals surface area contributed by atoms with Gasteiger partial charge in [-0.2, -0.15) is 0 Å². The molecule has 0 spiro atoms. The van der Waals surface area contributed by atoms with Gasteiger partial charge in [0.2, 0.25) is 0 Å². The van der Waals surface area contributed by atoms with E-state index >= 15 is 0 Å². The number of rotatable bonds is 3. The van der Waals surface area contributed by atoms with E-state index in [1.54, 1.807) is 6.07 Å². The van der Waals surface area contributed by atoms with Crippen LogP contribution in [0.2, 0.25) is 10.0 Å². The van der Waals surface area contributed by atoms with Crippen LogP contribution in [0.15, 0.2) is 42.5 Å². The largest absolute Gasteiger partial charge is 0.493 e. The highest BCUT2D eigenvalue weighted by atomic mass is 35.5. The molecular formula is C17H17BCl2O2. The average Bonchev–Trinajstić information content (AvgIpc) is 2.54. The predicted molar refractivity (Wildman–Crippen MR) is 93.0 cm³/mol. The second kappa shape index (κ2) is 7.05. The van der Waals surface area contributed by atoms with Crippen molar-refractivity contribution in [3.8, 4) is 11.1 Å². The Morgan fingerprint density at radius 2 is 1.55 bits per heavy atom. The van der Waals surface area contributed by atoms with Crippen molar-refractivity contribution >= 4 is 35.8 Å². The first-order chi connectivity index (χ1) is 10.7. The predicted octanol–water partition coefficient (Wildman–Crippen LogP) is 4.43.